The predicted molar refractivity (Wildman–Crippen MR) is 103 cm³/mol. The molecule has 0 atom stereocenters. The molecule has 3 rings (SSSR count). The maximum absolute atomic E-state index is 9.61. The number of halogens is 4. The minimum Gasteiger partial charge on any atom is -0.505 e. The molecule has 3 aromatic rings. The van der Waals surface area contributed by atoms with Crippen molar-refractivity contribution in [3.05, 3.63) is 68.1 Å². The van der Waals surface area contributed by atoms with Crippen molar-refractivity contribution in [1.82, 2.24) is 10.2 Å². The van der Waals surface area contributed by atoms with Gasteiger partial charge in [-0.3, -0.25) is 0 Å². The van der Waals surface area contributed by atoms with Crippen LogP contribution in [-0.2, 0) is 6.54 Å². The van der Waals surface area contributed by atoms with Gasteiger partial charge in [-0.05, 0) is 42.0 Å². The Morgan fingerprint density at radius 1 is 0.800 bits per heavy atom. The molecule has 0 aliphatic carbocycles. The fourth-order valence-electron chi connectivity index (χ4n) is 2.14. The number of rotatable bonds is 4. The van der Waals surface area contributed by atoms with Gasteiger partial charge in [0.25, 0.3) is 0 Å². The van der Waals surface area contributed by atoms with E-state index in [0.717, 1.165) is 5.56 Å². The molecule has 25 heavy (non-hydrogen) atoms. The number of aromatic hydroxyl groups is 1. The van der Waals surface area contributed by atoms with Crippen molar-refractivity contribution in [2.75, 3.05) is 5.32 Å². The van der Waals surface area contributed by atoms with Crippen LogP contribution in [0.3, 0.4) is 0 Å². The smallest absolute Gasteiger partial charge is 0.152 e. The number of aromatic nitrogens is 2. The van der Waals surface area contributed by atoms with Gasteiger partial charge in [0.05, 0.1) is 25.8 Å². The standard InChI is InChI=1S/C17H11Cl4N3O/c18-11-2-1-9(5-12(11)19)8-22-16-4-3-15(23-24-16)10-6-13(20)17(25)14(21)7-10/h1-7,25H,8H2,(H,22,24). The minimum atomic E-state index is -0.153. The van der Waals surface area contributed by atoms with Crippen LogP contribution in [0.15, 0.2) is 42.5 Å². The SMILES string of the molecule is Oc1c(Cl)cc(-c2ccc(NCc3ccc(Cl)c(Cl)c3)nn2)cc1Cl. The van der Waals surface area contributed by atoms with Crippen molar-refractivity contribution < 1.29 is 5.11 Å². The first-order valence-electron chi connectivity index (χ1n) is 7.14. The molecule has 0 amide bonds. The van der Waals surface area contributed by atoms with Crippen LogP contribution in [0.5, 0.6) is 5.75 Å². The summed E-state index contributed by atoms with van der Waals surface area (Å²) in [5, 5.41) is 22.4. The van der Waals surface area contributed by atoms with E-state index in [9.17, 15) is 5.11 Å². The summed E-state index contributed by atoms with van der Waals surface area (Å²) in [5.74, 6) is 0.450. The highest BCUT2D eigenvalue weighted by Crippen LogP contribution is 2.35. The fraction of sp³-hybridized carbons (Fsp3) is 0.0588. The quantitative estimate of drug-likeness (QED) is 0.543. The zero-order chi connectivity index (χ0) is 18.0. The first-order valence-corrected chi connectivity index (χ1v) is 8.65. The fourth-order valence-corrected chi connectivity index (χ4v) is 2.94. The van der Waals surface area contributed by atoms with E-state index < -0.39 is 0 Å². The summed E-state index contributed by atoms with van der Waals surface area (Å²) in [6.07, 6.45) is 0. The number of benzene rings is 2. The Labute approximate surface area is 164 Å². The van der Waals surface area contributed by atoms with E-state index >= 15 is 0 Å². The molecule has 0 aliphatic heterocycles. The zero-order valence-corrected chi connectivity index (χ0v) is 15.6. The number of phenolic OH excluding ortho intramolecular Hbond substituents is 1. The summed E-state index contributed by atoms with van der Waals surface area (Å²) in [6, 6.07) is 12.1. The number of hydrogen-bond donors (Lipinski definition) is 2. The molecule has 0 aliphatic rings. The first kappa shape index (κ1) is 18.1. The lowest BCUT2D eigenvalue weighted by Gasteiger charge is -2.08. The van der Waals surface area contributed by atoms with Gasteiger partial charge >= 0.3 is 0 Å². The Kier molecular flexibility index (Phi) is 5.54. The maximum Gasteiger partial charge on any atom is 0.152 e. The zero-order valence-electron chi connectivity index (χ0n) is 12.6. The van der Waals surface area contributed by atoms with Crippen LogP contribution in [-0.4, -0.2) is 15.3 Å². The summed E-state index contributed by atoms with van der Waals surface area (Å²) in [4.78, 5) is 0. The molecule has 2 aromatic carbocycles. The third kappa shape index (κ3) is 4.28. The molecule has 0 saturated carbocycles. The highest BCUT2D eigenvalue weighted by Gasteiger charge is 2.09. The lowest BCUT2D eigenvalue weighted by molar-refractivity contribution is 0.476. The van der Waals surface area contributed by atoms with E-state index in [1.165, 1.54) is 0 Å². The second kappa shape index (κ2) is 7.67. The van der Waals surface area contributed by atoms with Crippen LogP contribution in [0.2, 0.25) is 20.1 Å². The molecule has 0 unspecified atom stereocenters. The van der Waals surface area contributed by atoms with E-state index in [4.69, 9.17) is 46.4 Å². The highest BCUT2D eigenvalue weighted by atomic mass is 35.5. The molecule has 0 spiro atoms. The molecule has 8 heteroatoms. The minimum absolute atomic E-state index is 0.153. The van der Waals surface area contributed by atoms with Gasteiger partial charge in [-0.1, -0.05) is 52.5 Å². The van der Waals surface area contributed by atoms with Crippen molar-refractivity contribution >= 4 is 52.2 Å². The first-order chi connectivity index (χ1) is 11.9. The molecular weight excluding hydrogens is 404 g/mol. The Morgan fingerprint density at radius 3 is 2.12 bits per heavy atom. The molecule has 4 nitrogen and oxygen atoms in total. The van der Waals surface area contributed by atoms with E-state index in [2.05, 4.69) is 15.5 Å². The van der Waals surface area contributed by atoms with E-state index in [0.29, 0.717) is 33.7 Å². The highest BCUT2D eigenvalue weighted by molar-refractivity contribution is 6.42. The molecule has 128 valence electrons. The molecule has 1 heterocycles. The number of hydrogen-bond acceptors (Lipinski definition) is 4. The summed E-state index contributed by atoms with van der Waals surface area (Å²) in [7, 11) is 0. The van der Waals surface area contributed by atoms with Crippen LogP contribution in [0.1, 0.15) is 5.56 Å². The Balaban J connectivity index is 1.73. The van der Waals surface area contributed by atoms with E-state index in [-0.39, 0.29) is 15.8 Å². The van der Waals surface area contributed by atoms with Gasteiger partial charge in [0.1, 0.15) is 5.82 Å². The molecular formula is C17H11Cl4N3O. The second-order valence-electron chi connectivity index (χ2n) is 5.19. The van der Waals surface area contributed by atoms with Crippen molar-refractivity contribution in [1.29, 1.82) is 0 Å². The molecule has 0 fully saturated rings. The van der Waals surface area contributed by atoms with Crippen LogP contribution in [0.4, 0.5) is 5.82 Å². The summed E-state index contributed by atoms with van der Waals surface area (Å²) in [6.45, 7) is 0.530. The Bertz CT molecular complexity index is 893. The topological polar surface area (TPSA) is 58.0 Å². The number of nitrogens with one attached hydrogen (secondary N) is 1. The normalized spacial score (nSPS) is 10.7. The Morgan fingerprint density at radius 2 is 1.52 bits per heavy atom. The second-order valence-corrected chi connectivity index (χ2v) is 6.82. The summed E-state index contributed by atoms with van der Waals surface area (Å²) >= 11 is 23.7. The number of nitrogens with zero attached hydrogens (tertiary/aromatic N) is 2. The van der Waals surface area contributed by atoms with Crippen molar-refractivity contribution in [2.24, 2.45) is 0 Å². The third-order valence-electron chi connectivity index (χ3n) is 3.43. The van der Waals surface area contributed by atoms with Gasteiger partial charge in [0.2, 0.25) is 0 Å². The molecule has 0 radical (unpaired) electrons. The monoisotopic (exact) mass is 413 g/mol. The molecule has 2 N–H and O–H groups in total. The van der Waals surface area contributed by atoms with Crippen molar-refractivity contribution in [2.45, 2.75) is 6.54 Å². The number of phenols is 1. The lowest BCUT2D eigenvalue weighted by Crippen LogP contribution is -2.02. The van der Waals surface area contributed by atoms with E-state index in [1.54, 1.807) is 36.4 Å². The van der Waals surface area contributed by atoms with Gasteiger partial charge < -0.3 is 10.4 Å². The van der Waals surface area contributed by atoms with Crippen LogP contribution < -0.4 is 5.32 Å². The lowest BCUT2D eigenvalue weighted by atomic mass is 10.1. The predicted octanol–water partition coefficient (Wildman–Crippen LogP) is 6.07. The summed E-state index contributed by atoms with van der Waals surface area (Å²) in [5.41, 5.74) is 2.22. The Hall–Kier alpha value is -1.72. The van der Waals surface area contributed by atoms with Gasteiger partial charge in [-0.2, -0.15) is 0 Å². The van der Waals surface area contributed by atoms with E-state index in [1.807, 2.05) is 6.07 Å². The van der Waals surface area contributed by atoms with Gasteiger partial charge in [-0.15, -0.1) is 10.2 Å². The van der Waals surface area contributed by atoms with Gasteiger partial charge in [0.15, 0.2) is 5.75 Å². The maximum atomic E-state index is 9.61. The largest absolute Gasteiger partial charge is 0.505 e. The van der Waals surface area contributed by atoms with Crippen LogP contribution >= 0.6 is 46.4 Å². The molecule has 1 aromatic heterocycles. The van der Waals surface area contributed by atoms with Crippen molar-refractivity contribution in [3.63, 3.8) is 0 Å². The van der Waals surface area contributed by atoms with Gasteiger partial charge in [0, 0.05) is 12.1 Å². The van der Waals surface area contributed by atoms with Gasteiger partial charge in [-0.25, -0.2) is 0 Å². The van der Waals surface area contributed by atoms with Crippen LogP contribution in [0.25, 0.3) is 11.3 Å². The molecule has 0 bridgehead atoms. The third-order valence-corrected chi connectivity index (χ3v) is 4.75. The average molecular weight is 415 g/mol. The summed E-state index contributed by atoms with van der Waals surface area (Å²) < 4.78 is 0. The van der Waals surface area contributed by atoms with Crippen molar-refractivity contribution in [3.8, 4) is 17.0 Å². The molecule has 0 saturated heterocycles. The van der Waals surface area contributed by atoms with Crippen LogP contribution in [0, 0.1) is 0 Å². The number of anilines is 1. The average Bonchev–Trinajstić information content (AvgIpc) is 2.61.